The van der Waals surface area contributed by atoms with E-state index in [0.717, 1.165) is 11.4 Å². The summed E-state index contributed by atoms with van der Waals surface area (Å²) in [6.45, 7) is 5.42. The van der Waals surface area contributed by atoms with E-state index in [1.807, 2.05) is 11.8 Å². The van der Waals surface area contributed by atoms with E-state index in [9.17, 15) is 0 Å². The Morgan fingerprint density at radius 1 is 1.10 bits per heavy atom. The van der Waals surface area contributed by atoms with Gasteiger partial charge in [-0.3, -0.25) is 0 Å². The van der Waals surface area contributed by atoms with E-state index in [4.69, 9.17) is 12.6 Å². The van der Waals surface area contributed by atoms with Crippen molar-refractivity contribution in [2.45, 2.75) is 41.4 Å². The molecule has 1 nitrogen and oxygen atoms in total. The highest BCUT2D eigenvalue weighted by molar-refractivity contribution is 7.99. The lowest BCUT2D eigenvalue weighted by Crippen LogP contribution is -2.22. The van der Waals surface area contributed by atoms with E-state index in [1.54, 1.807) is 0 Å². The maximum absolute atomic E-state index is 4.77. The fraction of sp³-hybridized carbons (Fsp3) is 0.294. The molecule has 0 radical (unpaired) electrons. The van der Waals surface area contributed by atoms with Crippen LogP contribution in [-0.2, 0) is 0 Å². The third-order valence-corrected chi connectivity index (χ3v) is 5.38. The number of thiol groups is 1. The second-order valence-electron chi connectivity index (χ2n) is 5.15. The Kier molecular flexibility index (Phi) is 3.99. The fourth-order valence-electron chi connectivity index (χ4n) is 2.56. The van der Waals surface area contributed by atoms with Gasteiger partial charge in [-0.2, -0.15) is 0 Å². The molecule has 2 aromatic rings. The first-order valence-electron chi connectivity index (χ1n) is 7.09. The van der Waals surface area contributed by atoms with Gasteiger partial charge in [-0.05, 0) is 37.1 Å². The maximum Gasteiger partial charge on any atom is 0.0691 e. The summed E-state index contributed by atoms with van der Waals surface area (Å²) in [7, 11) is 0. The topological polar surface area (TPSA) is 3.24 Å². The first-order chi connectivity index (χ1) is 9.72. The van der Waals surface area contributed by atoms with E-state index in [-0.39, 0.29) is 0 Å². The zero-order chi connectivity index (χ0) is 14.1. The van der Waals surface area contributed by atoms with Crippen molar-refractivity contribution in [3.8, 4) is 0 Å². The molecule has 1 aliphatic rings. The van der Waals surface area contributed by atoms with Crippen LogP contribution in [0.15, 0.2) is 51.1 Å². The summed E-state index contributed by atoms with van der Waals surface area (Å²) in [5.74, 6) is 0. The number of hydrogen-bond donors (Lipinski definition) is 1. The molecule has 20 heavy (non-hydrogen) atoms. The second kappa shape index (κ2) is 5.74. The Morgan fingerprint density at radius 3 is 2.70 bits per heavy atom. The molecule has 0 N–H and O–H groups in total. The van der Waals surface area contributed by atoms with Gasteiger partial charge in [0.2, 0.25) is 0 Å². The molecular formula is C17H19NS2. The van der Waals surface area contributed by atoms with Crippen molar-refractivity contribution >= 4 is 35.8 Å². The summed E-state index contributed by atoms with van der Waals surface area (Å²) in [5.41, 5.74) is 3.85. The molecule has 0 saturated carbocycles. The van der Waals surface area contributed by atoms with E-state index >= 15 is 0 Å². The van der Waals surface area contributed by atoms with E-state index < -0.39 is 0 Å². The molecule has 3 heteroatoms. The van der Waals surface area contributed by atoms with Crippen LogP contribution in [0.2, 0.25) is 0 Å². The van der Waals surface area contributed by atoms with Crippen LogP contribution in [0.1, 0.15) is 25.3 Å². The van der Waals surface area contributed by atoms with E-state index in [0.29, 0.717) is 0 Å². The van der Waals surface area contributed by atoms with Crippen molar-refractivity contribution in [3.05, 3.63) is 42.0 Å². The van der Waals surface area contributed by atoms with Crippen molar-refractivity contribution < 1.29 is 0 Å². The molecule has 0 unspecified atom stereocenters. The molecule has 0 spiro atoms. The quantitative estimate of drug-likeness (QED) is 0.726. The first kappa shape index (κ1) is 13.9. The summed E-state index contributed by atoms with van der Waals surface area (Å²) in [6, 6.07) is 13.1. The normalized spacial score (nSPS) is 13.1. The number of rotatable bonds is 3. The smallest absolute Gasteiger partial charge is 0.0691 e. The molecular weight excluding hydrogens is 282 g/mol. The Bertz CT molecular complexity index is 637. The number of hydrogen-bond acceptors (Lipinski definition) is 3. The van der Waals surface area contributed by atoms with Crippen molar-refractivity contribution in [1.82, 2.24) is 0 Å². The summed E-state index contributed by atoms with van der Waals surface area (Å²) in [5, 5.41) is 0. The van der Waals surface area contributed by atoms with Crippen LogP contribution in [0.5, 0.6) is 0 Å². The van der Waals surface area contributed by atoms with Gasteiger partial charge >= 0.3 is 0 Å². The van der Waals surface area contributed by atoms with Gasteiger partial charge in [0.05, 0.1) is 11.4 Å². The van der Waals surface area contributed by atoms with Gasteiger partial charge in [0, 0.05) is 21.2 Å². The largest absolute Gasteiger partial charge is 0.339 e. The van der Waals surface area contributed by atoms with Crippen molar-refractivity contribution in [3.63, 3.8) is 0 Å². The Balaban J connectivity index is 2.14. The highest BCUT2D eigenvalue weighted by Gasteiger charge is 2.25. The summed E-state index contributed by atoms with van der Waals surface area (Å²) < 4.78 is 0. The Hall–Kier alpha value is -1.06. The summed E-state index contributed by atoms with van der Waals surface area (Å²) in [6.07, 6.45) is 2.40. The molecule has 0 atom stereocenters. The van der Waals surface area contributed by atoms with E-state index in [1.165, 1.54) is 39.6 Å². The van der Waals surface area contributed by atoms with Gasteiger partial charge in [-0.1, -0.05) is 43.3 Å². The highest BCUT2D eigenvalue weighted by atomic mass is 32.2. The lowest BCUT2D eigenvalue weighted by molar-refractivity contribution is 0.772. The molecule has 0 bridgehead atoms. The molecule has 0 amide bonds. The van der Waals surface area contributed by atoms with E-state index in [2.05, 4.69) is 55.1 Å². The Labute approximate surface area is 130 Å². The van der Waals surface area contributed by atoms with Gasteiger partial charge < -0.3 is 4.90 Å². The SMILES string of the molecule is CCCCN1c2ccccc2Sc2ccc(C)c(S)c21. The van der Waals surface area contributed by atoms with Crippen LogP contribution in [0.25, 0.3) is 0 Å². The molecule has 3 rings (SSSR count). The number of aryl methyl sites for hydroxylation is 1. The van der Waals surface area contributed by atoms with Gasteiger partial charge in [-0.25, -0.2) is 0 Å². The van der Waals surface area contributed by atoms with Crippen LogP contribution in [-0.4, -0.2) is 6.54 Å². The number of anilines is 2. The summed E-state index contributed by atoms with van der Waals surface area (Å²) in [4.78, 5) is 6.21. The predicted octanol–water partition coefficient (Wildman–Crippen LogP) is 5.69. The monoisotopic (exact) mass is 301 g/mol. The van der Waals surface area contributed by atoms with Crippen LogP contribution >= 0.6 is 24.4 Å². The van der Waals surface area contributed by atoms with Crippen LogP contribution in [0.4, 0.5) is 11.4 Å². The second-order valence-corrected chi connectivity index (χ2v) is 6.68. The fourth-order valence-corrected chi connectivity index (χ4v) is 4.06. The zero-order valence-electron chi connectivity index (χ0n) is 11.9. The first-order valence-corrected chi connectivity index (χ1v) is 8.35. The number of unbranched alkanes of at least 4 members (excludes halogenated alkanes) is 1. The number of benzene rings is 2. The van der Waals surface area contributed by atoms with Crippen LogP contribution in [0.3, 0.4) is 0 Å². The summed E-state index contributed by atoms with van der Waals surface area (Å²) >= 11 is 6.62. The number of nitrogens with zero attached hydrogens (tertiary/aromatic N) is 1. The minimum absolute atomic E-state index is 1.05. The van der Waals surface area contributed by atoms with Crippen LogP contribution < -0.4 is 4.90 Å². The van der Waals surface area contributed by atoms with Crippen molar-refractivity contribution in [1.29, 1.82) is 0 Å². The molecule has 0 fully saturated rings. The van der Waals surface area contributed by atoms with Crippen molar-refractivity contribution in [2.75, 3.05) is 11.4 Å². The minimum Gasteiger partial charge on any atom is -0.339 e. The average Bonchev–Trinajstić information content (AvgIpc) is 2.47. The maximum atomic E-state index is 4.77. The number of para-hydroxylation sites is 1. The standard InChI is InChI=1S/C17H19NS2/c1-3-4-11-18-13-7-5-6-8-14(13)20-15-10-9-12(2)17(19)16(15)18/h5-10,19H,3-4,11H2,1-2H3. The predicted molar refractivity (Wildman–Crippen MR) is 90.9 cm³/mol. The van der Waals surface area contributed by atoms with Crippen LogP contribution in [0, 0.1) is 6.92 Å². The van der Waals surface area contributed by atoms with Gasteiger partial charge in [0.1, 0.15) is 0 Å². The van der Waals surface area contributed by atoms with Gasteiger partial charge in [0.15, 0.2) is 0 Å². The van der Waals surface area contributed by atoms with Gasteiger partial charge in [0.25, 0.3) is 0 Å². The molecule has 104 valence electrons. The number of fused-ring (bicyclic) bond motifs is 2. The lowest BCUT2D eigenvalue weighted by Gasteiger charge is -2.34. The molecule has 0 aliphatic carbocycles. The third-order valence-electron chi connectivity index (χ3n) is 3.70. The molecule has 0 aromatic heterocycles. The minimum atomic E-state index is 1.05. The molecule has 1 heterocycles. The Morgan fingerprint density at radius 2 is 1.90 bits per heavy atom. The molecule has 1 aliphatic heterocycles. The van der Waals surface area contributed by atoms with Gasteiger partial charge in [-0.15, -0.1) is 12.6 Å². The highest BCUT2D eigenvalue weighted by Crippen LogP contribution is 2.50. The molecule has 0 saturated heterocycles. The van der Waals surface area contributed by atoms with Crippen molar-refractivity contribution in [2.24, 2.45) is 0 Å². The third kappa shape index (κ3) is 2.33. The molecule has 2 aromatic carbocycles. The zero-order valence-corrected chi connectivity index (χ0v) is 13.6. The lowest BCUT2D eigenvalue weighted by atomic mass is 10.1. The average molecular weight is 301 g/mol.